The Hall–Kier alpha value is -0.870. The molecule has 0 saturated carbocycles. The average molecular weight is 492 g/mol. The van der Waals surface area contributed by atoms with Gasteiger partial charge in [0.2, 0.25) is 0 Å². The molecule has 3 heterocycles. The van der Waals surface area contributed by atoms with Crippen LogP contribution in [0.1, 0.15) is 50.5 Å². The van der Waals surface area contributed by atoms with Crippen molar-refractivity contribution in [3.63, 3.8) is 0 Å². The van der Waals surface area contributed by atoms with Crippen LogP contribution in [0.4, 0.5) is 0 Å². The summed E-state index contributed by atoms with van der Waals surface area (Å²) in [5.74, 6) is 1.75. The molecule has 2 aliphatic rings. The number of aromatic nitrogens is 1. The van der Waals surface area contributed by atoms with Gasteiger partial charge in [0, 0.05) is 32.8 Å². The fourth-order valence-electron chi connectivity index (χ4n) is 3.52. The summed E-state index contributed by atoms with van der Waals surface area (Å²) in [6.45, 7) is 6.21. The van der Waals surface area contributed by atoms with Crippen molar-refractivity contribution in [3.05, 3.63) is 17.5 Å². The first-order chi connectivity index (χ1) is 12.8. The molecule has 1 atom stereocenters. The van der Waals surface area contributed by atoms with E-state index in [1.54, 1.807) is 0 Å². The van der Waals surface area contributed by atoms with Gasteiger partial charge in [-0.2, -0.15) is 0 Å². The van der Waals surface area contributed by atoms with Crippen molar-refractivity contribution in [2.45, 2.75) is 64.2 Å². The van der Waals surface area contributed by atoms with E-state index in [0.717, 1.165) is 69.4 Å². The van der Waals surface area contributed by atoms with Crippen molar-refractivity contribution in [1.29, 1.82) is 0 Å². The maximum absolute atomic E-state index is 6.09. The molecule has 1 aromatic rings. The predicted molar refractivity (Wildman–Crippen MR) is 116 cm³/mol. The number of piperidine rings is 1. The van der Waals surface area contributed by atoms with Gasteiger partial charge in [0.15, 0.2) is 11.7 Å². The fraction of sp³-hybridized carbons (Fsp3) is 0.789. The number of ether oxygens (including phenoxy) is 2. The van der Waals surface area contributed by atoms with Crippen LogP contribution in [-0.4, -0.2) is 61.6 Å². The zero-order valence-electron chi connectivity index (χ0n) is 16.5. The molecular formula is C19H33IN4O3. The van der Waals surface area contributed by atoms with Crippen LogP contribution in [0, 0.1) is 0 Å². The molecule has 154 valence electrons. The van der Waals surface area contributed by atoms with Gasteiger partial charge in [-0.25, -0.2) is 0 Å². The monoisotopic (exact) mass is 492 g/mol. The normalized spacial score (nSPS) is 21.8. The minimum Gasteiger partial charge on any atom is -0.376 e. The summed E-state index contributed by atoms with van der Waals surface area (Å²) in [6, 6.07) is 1.99. The van der Waals surface area contributed by atoms with Crippen molar-refractivity contribution in [2.75, 3.05) is 33.4 Å². The van der Waals surface area contributed by atoms with Gasteiger partial charge in [-0.05, 0) is 38.5 Å². The van der Waals surface area contributed by atoms with E-state index in [-0.39, 0.29) is 24.0 Å². The molecule has 0 bridgehead atoms. The minimum atomic E-state index is 0. The topological polar surface area (TPSA) is 72.1 Å². The maximum Gasteiger partial charge on any atom is 0.194 e. The van der Waals surface area contributed by atoms with Crippen LogP contribution in [0.2, 0.25) is 0 Å². The Kier molecular flexibility index (Phi) is 9.84. The van der Waals surface area contributed by atoms with Crippen molar-refractivity contribution >= 4 is 29.9 Å². The minimum absolute atomic E-state index is 0. The Bertz CT molecular complexity index is 567. The first kappa shape index (κ1) is 22.4. The number of nitrogens with zero attached hydrogens (tertiary/aromatic N) is 3. The Labute approximate surface area is 179 Å². The Morgan fingerprint density at radius 1 is 1.33 bits per heavy atom. The van der Waals surface area contributed by atoms with Crippen molar-refractivity contribution in [1.82, 2.24) is 15.4 Å². The van der Waals surface area contributed by atoms with Gasteiger partial charge in [-0.1, -0.05) is 12.1 Å². The number of aryl methyl sites for hydroxylation is 1. The first-order valence-corrected chi connectivity index (χ1v) is 9.91. The largest absolute Gasteiger partial charge is 0.376 e. The zero-order valence-corrected chi connectivity index (χ0v) is 18.8. The van der Waals surface area contributed by atoms with E-state index in [1.807, 2.05) is 13.1 Å². The number of hydrogen-bond donors (Lipinski definition) is 1. The van der Waals surface area contributed by atoms with Crippen LogP contribution in [-0.2, 0) is 22.4 Å². The van der Waals surface area contributed by atoms with Gasteiger partial charge in [-0.15, -0.1) is 24.0 Å². The van der Waals surface area contributed by atoms with E-state index in [0.29, 0.717) is 18.8 Å². The van der Waals surface area contributed by atoms with Crippen LogP contribution in [0.3, 0.4) is 0 Å². The van der Waals surface area contributed by atoms with E-state index in [1.165, 1.54) is 12.8 Å². The molecule has 1 unspecified atom stereocenters. The second kappa shape index (κ2) is 11.9. The van der Waals surface area contributed by atoms with Crippen LogP contribution in [0.5, 0.6) is 0 Å². The van der Waals surface area contributed by atoms with Gasteiger partial charge < -0.3 is 24.2 Å². The highest BCUT2D eigenvalue weighted by atomic mass is 127. The lowest BCUT2D eigenvalue weighted by Crippen LogP contribution is -2.47. The van der Waals surface area contributed by atoms with Crippen LogP contribution < -0.4 is 5.32 Å². The number of guanidine groups is 1. The first-order valence-electron chi connectivity index (χ1n) is 9.91. The summed E-state index contributed by atoms with van der Waals surface area (Å²) in [4.78, 5) is 6.69. The van der Waals surface area contributed by atoms with E-state index < -0.39 is 0 Å². The molecule has 0 amide bonds. The molecule has 3 rings (SSSR count). The highest BCUT2D eigenvalue weighted by Gasteiger charge is 2.23. The third-order valence-electron chi connectivity index (χ3n) is 5.14. The van der Waals surface area contributed by atoms with E-state index in [4.69, 9.17) is 14.0 Å². The molecule has 0 radical (unpaired) electrons. The lowest BCUT2D eigenvalue weighted by Gasteiger charge is -2.34. The third kappa shape index (κ3) is 6.90. The highest BCUT2D eigenvalue weighted by molar-refractivity contribution is 14.0. The molecule has 2 fully saturated rings. The van der Waals surface area contributed by atoms with Crippen molar-refractivity contribution in [2.24, 2.45) is 4.99 Å². The summed E-state index contributed by atoms with van der Waals surface area (Å²) >= 11 is 0. The summed E-state index contributed by atoms with van der Waals surface area (Å²) in [5, 5.41) is 7.40. The molecule has 2 saturated heterocycles. The molecule has 1 aromatic heterocycles. The van der Waals surface area contributed by atoms with Crippen LogP contribution in [0.15, 0.2) is 15.6 Å². The molecule has 0 aromatic carbocycles. The number of aliphatic imine (C=N–C) groups is 1. The number of likely N-dealkylation sites (tertiary alicyclic amines) is 1. The molecule has 0 aliphatic carbocycles. The highest BCUT2D eigenvalue weighted by Crippen LogP contribution is 2.18. The van der Waals surface area contributed by atoms with E-state index >= 15 is 0 Å². The second-order valence-electron chi connectivity index (χ2n) is 7.05. The molecule has 0 spiro atoms. The molecule has 27 heavy (non-hydrogen) atoms. The Morgan fingerprint density at radius 2 is 2.15 bits per heavy atom. The summed E-state index contributed by atoms with van der Waals surface area (Å²) < 4.78 is 17.2. The van der Waals surface area contributed by atoms with E-state index in [2.05, 4.69) is 27.3 Å². The van der Waals surface area contributed by atoms with Gasteiger partial charge >= 0.3 is 0 Å². The van der Waals surface area contributed by atoms with Gasteiger partial charge in [0.05, 0.1) is 31.1 Å². The van der Waals surface area contributed by atoms with Crippen molar-refractivity contribution in [3.8, 4) is 0 Å². The van der Waals surface area contributed by atoms with Crippen LogP contribution in [0.25, 0.3) is 0 Å². The second-order valence-corrected chi connectivity index (χ2v) is 7.05. The van der Waals surface area contributed by atoms with E-state index in [9.17, 15) is 0 Å². The summed E-state index contributed by atoms with van der Waals surface area (Å²) in [5.41, 5.74) is 0.983. The van der Waals surface area contributed by atoms with Gasteiger partial charge in [-0.3, -0.25) is 4.99 Å². The average Bonchev–Trinajstić information content (AvgIpc) is 3.17. The number of hydrogen-bond acceptors (Lipinski definition) is 5. The lowest BCUT2D eigenvalue weighted by molar-refractivity contribution is -0.0721. The third-order valence-corrected chi connectivity index (χ3v) is 5.14. The molecular weight excluding hydrogens is 459 g/mol. The SMILES string of the molecule is CCc1cc(CNC(=NC)N2CCC(OCC3CCCCO3)CC2)on1.I. The summed E-state index contributed by atoms with van der Waals surface area (Å²) in [6.07, 6.45) is 7.15. The standard InChI is InChI=1S/C19H32N4O3.HI/c1-3-15-12-18(26-22-15)13-21-19(20-2)23-9-7-16(8-10-23)25-14-17-6-4-5-11-24-17;/h12,16-17H,3-11,13-14H2,1-2H3,(H,20,21);1H. The molecule has 8 heteroatoms. The summed E-state index contributed by atoms with van der Waals surface area (Å²) in [7, 11) is 1.82. The lowest BCUT2D eigenvalue weighted by atomic mass is 10.1. The molecule has 2 aliphatic heterocycles. The smallest absolute Gasteiger partial charge is 0.194 e. The predicted octanol–water partition coefficient (Wildman–Crippen LogP) is 2.98. The number of rotatable bonds is 6. The zero-order chi connectivity index (χ0) is 18.2. The quantitative estimate of drug-likeness (QED) is 0.374. The van der Waals surface area contributed by atoms with Crippen LogP contribution >= 0.6 is 24.0 Å². The Morgan fingerprint density at radius 3 is 2.78 bits per heavy atom. The fourth-order valence-corrected chi connectivity index (χ4v) is 3.52. The molecule has 7 nitrogen and oxygen atoms in total. The van der Waals surface area contributed by atoms with Gasteiger partial charge in [0.25, 0.3) is 0 Å². The Balaban J connectivity index is 0.00000261. The molecule has 1 N–H and O–H groups in total. The van der Waals surface area contributed by atoms with Gasteiger partial charge in [0.1, 0.15) is 0 Å². The van der Waals surface area contributed by atoms with Crippen molar-refractivity contribution < 1.29 is 14.0 Å². The number of nitrogens with one attached hydrogen (secondary N) is 1. The number of halogens is 1. The maximum atomic E-state index is 6.09.